The van der Waals surface area contributed by atoms with Crippen LogP contribution >= 0.6 is 11.3 Å². The molecule has 0 saturated carbocycles. The number of hydrogen-bond acceptors (Lipinski definition) is 4. The fourth-order valence-corrected chi connectivity index (χ4v) is 2.91. The van der Waals surface area contributed by atoms with Gasteiger partial charge in [-0.1, -0.05) is 25.1 Å². The van der Waals surface area contributed by atoms with Crippen molar-refractivity contribution in [2.24, 2.45) is 0 Å². The number of thiazole rings is 1. The summed E-state index contributed by atoms with van der Waals surface area (Å²) in [6.07, 6.45) is 1.74. The highest BCUT2D eigenvalue weighted by Crippen LogP contribution is 2.22. The van der Waals surface area contributed by atoms with Crippen LogP contribution < -0.4 is 0 Å². The summed E-state index contributed by atoms with van der Waals surface area (Å²) in [4.78, 5) is 16.7. The number of para-hydroxylation sites is 1. The first-order chi connectivity index (χ1) is 9.70. The van der Waals surface area contributed by atoms with E-state index in [-0.39, 0.29) is 5.91 Å². The molecule has 2 aromatic heterocycles. The Morgan fingerprint density at radius 3 is 3.00 bits per heavy atom. The lowest BCUT2D eigenvalue weighted by Gasteiger charge is -2.03. The summed E-state index contributed by atoms with van der Waals surface area (Å²) in [6, 6.07) is 9.62. The Morgan fingerprint density at radius 2 is 2.20 bits per heavy atom. The van der Waals surface area contributed by atoms with Crippen LogP contribution in [-0.4, -0.2) is 20.6 Å². The van der Waals surface area contributed by atoms with Gasteiger partial charge in [0.15, 0.2) is 5.01 Å². The summed E-state index contributed by atoms with van der Waals surface area (Å²) in [5, 5.41) is 12.9. The molecule has 0 amide bonds. The minimum Gasteiger partial charge on any atom is -0.387 e. The van der Waals surface area contributed by atoms with Crippen LogP contribution in [0.1, 0.15) is 34.9 Å². The fraction of sp³-hybridized carbons (Fsp3) is 0.200. The van der Waals surface area contributed by atoms with Crippen molar-refractivity contribution < 1.29 is 9.90 Å². The number of fused-ring (bicyclic) bond motifs is 1. The molecule has 102 valence electrons. The smallest absolute Gasteiger partial charge is 0.291 e. The van der Waals surface area contributed by atoms with E-state index in [0.717, 1.165) is 10.9 Å². The van der Waals surface area contributed by atoms with Crippen LogP contribution in [0.25, 0.3) is 10.9 Å². The molecule has 0 bridgehead atoms. The molecule has 1 aromatic carbocycles. The number of hydrogen-bond donors (Lipinski definition) is 1. The topological polar surface area (TPSA) is 55.1 Å². The van der Waals surface area contributed by atoms with E-state index >= 15 is 0 Å². The molecule has 4 nitrogen and oxygen atoms in total. The van der Waals surface area contributed by atoms with E-state index in [1.807, 2.05) is 37.3 Å². The molecule has 0 spiro atoms. The third kappa shape index (κ3) is 2.15. The second-order valence-electron chi connectivity index (χ2n) is 4.55. The predicted octanol–water partition coefficient (Wildman–Crippen LogP) is 3.23. The average molecular weight is 286 g/mol. The third-order valence-corrected chi connectivity index (χ3v) is 4.10. The van der Waals surface area contributed by atoms with Crippen molar-refractivity contribution in [3.8, 4) is 0 Å². The quantitative estimate of drug-likeness (QED) is 0.804. The summed E-state index contributed by atoms with van der Waals surface area (Å²) < 4.78 is 1.59. The molecule has 1 atom stereocenters. The largest absolute Gasteiger partial charge is 0.387 e. The van der Waals surface area contributed by atoms with Gasteiger partial charge in [-0.05, 0) is 18.6 Å². The molecule has 20 heavy (non-hydrogen) atoms. The number of aromatic nitrogens is 2. The zero-order valence-corrected chi connectivity index (χ0v) is 11.8. The zero-order valence-electron chi connectivity index (χ0n) is 11.0. The molecular weight excluding hydrogens is 272 g/mol. The fourth-order valence-electron chi connectivity index (χ4n) is 2.11. The standard InChI is InChI=1S/C15H14N2O2S/c1-2-13(18)11-9-20-14(16-11)15(19)17-8-7-10-5-3-4-6-12(10)17/h3-9,13,18H,2H2,1H3/t13-/m1/s1. The predicted molar refractivity (Wildman–Crippen MR) is 79.0 cm³/mol. The average Bonchev–Trinajstić information content (AvgIpc) is 3.12. The van der Waals surface area contributed by atoms with Gasteiger partial charge in [-0.3, -0.25) is 9.36 Å². The minimum atomic E-state index is -0.603. The van der Waals surface area contributed by atoms with Gasteiger partial charge in [0.25, 0.3) is 5.91 Å². The van der Waals surface area contributed by atoms with Gasteiger partial charge in [0.05, 0.1) is 17.3 Å². The number of benzene rings is 1. The first-order valence-electron chi connectivity index (χ1n) is 6.45. The van der Waals surface area contributed by atoms with Crippen molar-refractivity contribution in [2.75, 3.05) is 0 Å². The van der Waals surface area contributed by atoms with Crippen molar-refractivity contribution in [1.29, 1.82) is 0 Å². The Hall–Kier alpha value is -1.98. The molecule has 5 heteroatoms. The van der Waals surface area contributed by atoms with Crippen molar-refractivity contribution in [1.82, 2.24) is 9.55 Å². The molecule has 2 heterocycles. The van der Waals surface area contributed by atoms with E-state index in [1.54, 1.807) is 16.1 Å². The number of rotatable bonds is 3. The van der Waals surface area contributed by atoms with E-state index in [0.29, 0.717) is 17.1 Å². The van der Waals surface area contributed by atoms with Gasteiger partial charge < -0.3 is 5.11 Å². The van der Waals surface area contributed by atoms with E-state index in [2.05, 4.69) is 4.98 Å². The number of aliphatic hydroxyl groups is 1. The molecule has 0 aliphatic heterocycles. The summed E-state index contributed by atoms with van der Waals surface area (Å²) in [7, 11) is 0. The van der Waals surface area contributed by atoms with Crippen molar-refractivity contribution in [2.45, 2.75) is 19.4 Å². The maximum absolute atomic E-state index is 12.5. The van der Waals surface area contributed by atoms with Crippen LogP contribution in [0.15, 0.2) is 41.9 Å². The highest BCUT2D eigenvalue weighted by molar-refractivity contribution is 7.11. The Morgan fingerprint density at radius 1 is 1.40 bits per heavy atom. The Bertz CT molecular complexity index is 760. The lowest BCUT2D eigenvalue weighted by Crippen LogP contribution is -2.10. The summed E-state index contributed by atoms with van der Waals surface area (Å²) in [6.45, 7) is 1.88. The van der Waals surface area contributed by atoms with Crippen LogP contribution in [-0.2, 0) is 0 Å². The van der Waals surface area contributed by atoms with Crippen molar-refractivity contribution in [3.05, 3.63) is 52.6 Å². The first kappa shape index (κ1) is 13.0. The Balaban J connectivity index is 1.98. The molecular formula is C15H14N2O2S. The van der Waals surface area contributed by atoms with Crippen molar-refractivity contribution >= 4 is 28.1 Å². The minimum absolute atomic E-state index is 0.161. The Kier molecular flexibility index (Phi) is 3.38. The second-order valence-corrected chi connectivity index (χ2v) is 5.41. The Labute approximate surface area is 120 Å². The molecule has 1 N–H and O–H groups in total. The van der Waals surface area contributed by atoms with Gasteiger partial charge in [-0.2, -0.15) is 0 Å². The molecule has 3 aromatic rings. The SMILES string of the molecule is CC[C@@H](O)c1csc(C(=O)n2ccc3ccccc32)n1. The highest BCUT2D eigenvalue weighted by atomic mass is 32.1. The summed E-state index contributed by atoms with van der Waals surface area (Å²) >= 11 is 1.27. The molecule has 0 fully saturated rings. The maximum Gasteiger partial charge on any atom is 0.291 e. The molecule has 0 radical (unpaired) electrons. The lowest BCUT2D eigenvalue weighted by molar-refractivity contribution is 0.0963. The van der Waals surface area contributed by atoms with Gasteiger partial charge >= 0.3 is 0 Å². The van der Waals surface area contributed by atoms with Crippen molar-refractivity contribution in [3.63, 3.8) is 0 Å². The maximum atomic E-state index is 12.5. The van der Waals surface area contributed by atoms with Gasteiger partial charge in [0.2, 0.25) is 0 Å². The van der Waals surface area contributed by atoms with Crippen LogP contribution in [0, 0.1) is 0 Å². The molecule has 0 saturated heterocycles. The van der Waals surface area contributed by atoms with E-state index in [1.165, 1.54) is 11.3 Å². The second kappa shape index (κ2) is 5.19. The first-order valence-corrected chi connectivity index (χ1v) is 7.33. The molecule has 3 rings (SSSR count). The van der Waals surface area contributed by atoms with E-state index < -0.39 is 6.10 Å². The number of nitrogens with zero attached hydrogens (tertiary/aromatic N) is 2. The van der Waals surface area contributed by atoms with Crippen LogP contribution in [0.3, 0.4) is 0 Å². The van der Waals surface area contributed by atoms with E-state index in [4.69, 9.17) is 0 Å². The van der Waals surface area contributed by atoms with Crippen LogP contribution in [0.4, 0.5) is 0 Å². The number of aliphatic hydroxyl groups excluding tert-OH is 1. The third-order valence-electron chi connectivity index (χ3n) is 3.25. The van der Waals surface area contributed by atoms with Gasteiger partial charge in [0.1, 0.15) is 0 Å². The van der Waals surface area contributed by atoms with E-state index in [9.17, 15) is 9.90 Å². The van der Waals surface area contributed by atoms with Gasteiger partial charge in [0, 0.05) is 17.0 Å². The molecule has 0 aliphatic rings. The summed E-state index contributed by atoms with van der Waals surface area (Å²) in [5.41, 5.74) is 1.43. The number of carbonyl (C=O) groups is 1. The lowest BCUT2D eigenvalue weighted by atomic mass is 10.2. The van der Waals surface area contributed by atoms with Gasteiger partial charge in [-0.15, -0.1) is 11.3 Å². The molecule has 0 unspecified atom stereocenters. The normalized spacial score (nSPS) is 12.7. The number of carbonyl (C=O) groups excluding carboxylic acids is 1. The van der Waals surface area contributed by atoms with Crippen LogP contribution in [0.2, 0.25) is 0 Å². The monoisotopic (exact) mass is 286 g/mol. The zero-order chi connectivity index (χ0) is 14.1. The molecule has 0 aliphatic carbocycles. The van der Waals surface area contributed by atoms with Crippen LogP contribution in [0.5, 0.6) is 0 Å². The van der Waals surface area contributed by atoms with Gasteiger partial charge in [-0.25, -0.2) is 4.98 Å². The highest BCUT2D eigenvalue weighted by Gasteiger charge is 2.17. The summed E-state index contributed by atoms with van der Waals surface area (Å²) in [5.74, 6) is -0.161.